The monoisotopic (exact) mass is 292 g/mol. The van der Waals surface area contributed by atoms with E-state index in [0.717, 1.165) is 23.6 Å². The van der Waals surface area contributed by atoms with Gasteiger partial charge in [-0.2, -0.15) is 17.7 Å². The summed E-state index contributed by atoms with van der Waals surface area (Å²) in [6.45, 7) is 2.80. The summed E-state index contributed by atoms with van der Waals surface area (Å²) in [5.41, 5.74) is 0.780. The molecule has 1 N–H and O–H groups in total. The van der Waals surface area contributed by atoms with Gasteiger partial charge in [-0.1, -0.05) is 12.1 Å². The predicted molar refractivity (Wildman–Crippen MR) is 72.4 cm³/mol. The first-order valence-corrected chi connectivity index (χ1v) is 6.54. The molecule has 0 amide bonds. The third kappa shape index (κ3) is 2.37. The van der Waals surface area contributed by atoms with Crippen molar-refractivity contribution >= 4 is 10.9 Å². The van der Waals surface area contributed by atoms with E-state index >= 15 is 0 Å². The second-order valence-electron chi connectivity index (χ2n) is 4.68. The lowest BCUT2D eigenvalue weighted by molar-refractivity contribution is -0.667. The molecule has 0 bridgehead atoms. The molecule has 108 valence electrons. The minimum atomic E-state index is -4.42. The van der Waals surface area contributed by atoms with E-state index < -0.39 is 11.9 Å². The molecule has 0 radical (unpaired) electrons. The molecule has 0 atom stereocenters. The summed E-state index contributed by atoms with van der Waals surface area (Å²) < 4.78 is 40.1. The Morgan fingerprint density at radius 2 is 1.95 bits per heavy atom. The number of alkyl halides is 3. The number of halogens is 3. The van der Waals surface area contributed by atoms with E-state index in [0.29, 0.717) is 5.56 Å². The first kappa shape index (κ1) is 13.6. The summed E-state index contributed by atoms with van der Waals surface area (Å²) in [5, 5.41) is 0.866. The van der Waals surface area contributed by atoms with Crippen molar-refractivity contribution in [2.75, 3.05) is 0 Å². The van der Waals surface area contributed by atoms with E-state index in [2.05, 4.69) is 9.97 Å². The van der Waals surface area contributed by atoms with Crippen molar-refractivity contribution in [2.45, 2.75) is 19.6 Å². The fourth-order valence-corrected chi connectivity index (χ4v) is 2.37. The molecule has 0 spiro atoms. The van der Waals surface area contributed by atoms with Crippen molar-refractivity contribution in [1.29, 1.82) is 0 Å². The van der Waals surface area contributed by atoms with Gasteiger partial charge in [0.1, 0.15) is 18.1 Å². The third-order valence-corrected chi connectivity index (χ3v) is 3.40. The molecule has 2 aromatic heterocycles. The van der Waals surface area contributed by atoms with Crippen LogP contribution in [0.2, 0.25) is 0 Å². The van der Waals surface area contributed by atoms with Gasteiger partial charge in [0.2, 0.25) is 5.52 Å². The molecular weight excluding hydrogens is 279 g/mol. The summed E-state index contributed by atoms with van der Waals surface area (Å²) in [4.78, 5) is 6.23. The standard InChI is InChI=1S/C15H12F3N3/c1-2-21-8-7-11(10-5-3-4-6-12(10)21)14-19-9-13(20-14)15(16,17)18/h3-9H,2H2,1H3/p+1. The van der Waals surface area contributed by atoms with E-state index in [1.807, 2.05) is 42.0 Å². The summed E-state index contributed by atoms with van der Waals surface area (Å²) in [7, 11) is 0. The summed E-state index contributed by atoms with van der Waals surface area (Å²) in [5.74, 6) is 0.224. The second kappa shape index (κ2) is 4.87. The van der Waals surface area contributed by atoms with Crippen LogP contribution in [0.1, 0.15) is 12.6 Å². The molecule has 0 aliphatic heterocycles. The molecule has 0 fully saturated rings. The number of rotatable bonds is 2. The third-order valence-electron chi connectivity index (χ3n) is 3.40. The number of benzene rings is 1. The van der Waals surface area contributed by atoms with E-state index in [-0.39, 0.29) is 5.82 Å². The average molecular weight is 292 g/mol. The van der Waals surface area contributed by atoms with Crippen LogP contribution >= 0.6 is 0 Å². The molecular formula is C15H13F3N3+. The van der Waals surface area contributed by atoms with Crippen LogP contribution in [-0.2, 0) is 12.7 Å². The first-order valence-electron chi connectivity index (χ1n) is 6.54. The topological polar surface area (TPSA) is 32.6 Å². The van der Waals surface area contributed by atoms with Gasteiger partial charge in [0.05, 0.1) is 11.6 Å². The Morgan fingerprint density at radius 3 is 2.62 bits per heavy atom. The van der Waals surface area contributed by atoms with Gasteiger partial charge in [0, 0.05) is 17.7 Å². The predicted octanol–water partition coefficient (Wildman–Crippen LogP) is 3.56. The minimum Gasteiger partial charge on any atom is -0.334 e. The quantitative estimate of drug-likeness (QED) is 0.720. The van der Waals surface area contributed by atoms with Gasteiger partial charge < -0.3 is 4.98 Å². The van der Waals surface area contributed by atoms with Crippen LogP contribution < -0.4 is 4.57 Å². The molecule has 1 aromatic carbocycles. The second-order valence-corrected chi connectivity index (χ2v) is 4.68. The van der Waals surface area contributed by atoms with Crippen LogP contribution in [0.4, 0.5) is 13.2 Å². The highest BCUT2D eigenvalue weighted by atomic mass is 19.4. The van der Waals surface area contributed by atoms with Crippen molar-refractivity contribution < 1.29 is 17.7 Å². The molecule has 0 unspecified atom stereocenters. The molecule has 0 aliphatic carbocycles. The molecule has 0 saturated carbocycles. The van der Waals surface area contributed by atoms with Crippen molar-refractivity contribution in [3.05, 3.63) is 48.4 Å². The van der Waals surface area contributed by atoms with Gasteiger partial charge >= 0.3 is 6.18 Å². The van der Waals surface area contributed by atoms with E-state index in [9.17, 15) is 13.2 Å². The largest absolute Gasteiger partial charge is 0.432 e. The molecule has 3 nitrogen and oxygen atoms in total. The van der Waals surface area contributed by atoms with Gasteiger partial charge in [-0.05, 0) is 13.0 Å². The van der Waals surface area contributed by atoms with E-state index in [1.165, 1.54) is 0 Å². The Kier molecular flexibility index (Phi) is 3.16. The van der Waals surface area contributed by atoms with E-state index in [1.54, 1.807) is 6.07 Å². The maximum Gasteiger partial charge on any atom is 0.432 e. The maximum atomic E-state index is 12.7. The number of fused-ring (bicyclic) bond motifs is 1. The Morgan fingerprint density at radius 1 is 1.19 bits per heavy atom. The van der Waals surface area contributed by atoms with Crippen LogP contribution in [0.15, 0.2) is 42.7 Å². The van der Waals surface area contributed by atoms with Crippen molar-refractivity contribution in [3.8, 4) is 11.4 Å². The van der Waals surface area contributed by atoms with Gasteiger partial charge in [-0.25, -0.2) is 4.98 Å². The molecule has 2 heterocycles. The van der Waals surface area contributed by atoms with Gasteiger partial charge in [-0.15, -0.1) is 0 Å². The zero-order chi connectivity index (χ0) is 15.0. The normalized spacial score (nSPS) is 12.0. The van der Waals surface area contributed by atoms with Gasteiger partial charge in [0.15, 0.2) is 6.20 Å². The number of pyridine rings is 1. The van der Waals surface area contributed by atoms with Gasteiger partial charge in [-0.3, -0.25) is 0 Å². The minimum absolute atomic E-state index is 0.224. The molecule has 21 heavy (non-hydrogen) atoms. The van der Waals surface area contributed by atoms with Gasteiger partial charge in [0.25, 0.3) is 0 Å². The Bertz CT molecular complexity index is 790. The highest BCUT2D eigenvalue weighted by Gasteiger charge is 2.33. The van der Waals surface area contributed by atoms with Crippen LogP contribution in [-0.4, -0.2) is 9.97 Å². The summed E-state index contributed by atoms with van der Waals surface area (Å²) in [6, 6.07) is 9.37. The number of hydrogen-bond acceptors (Lipinski definition) is 1. The number of aromatic nitrogens is 3. The number of hydrogen-bond donors (Lipinski definition) is 1. The zero-order valence-corrected chi connectivity index (χ0v) is 11.3. The Hall–Kier alpha value is -2.37. The maximum absolute atomic E-state index is 12.7. The number of H-pyrrole nitrogens is 1. The van der Waals surface area contributed by atoms with Crippen molar-refractivity contribution in [2.24, 2.45) is 0 Å². The zero-order valence-electron chi connectivity index (χ0n) is 11.3. The van der Waals surface area contributed by atoms with Crippen LogP contribution in [0.3, 0.4) is 0 Å². The molecule has 3 aromatic rings. The molecule has 3 rings (SSSR count). The smallest absolute Gasteiger partial charge is 0.334 e. The number of aromatic amines is 1. The average Bonchev–Trinajstić information content (AvgIpc) is 2.96. The SMILES string of the molecule is CC[n+]1ccc(-c2ncc(C(F)(F)F)[nH]2)c2ccccc21. The first-order chi connectivity index (χ1) is 10.0. The number of para-hydroxylation sites is 1. The number of nitrogens with zero attached hydrogens (tertiary/aromatic N) is 2. The van der Waals surface area contributed by atoms with Crippen molar-refractivity contribution in [3.63, 3.8) is 0 Å². The highest BCUT2D eigenvalue weighted by molar-refractivity contribution is 5.90. The Labute approximate surface area is 119 Å². The fourth-order valence-electron chi connectivity index (χ4n) is 2.37. The summed E-state index contributed by atoms with van der Waals surface area (Å²) in [6.07, 6.45) is -1.74. The lowest BCUT2D eigenvalue weighted by Gasteiger charge is -2.04. The van der Waals surface area contributed by atoms with Crippen LogP contribution in [0.5, 0.6) is 0 Å². The summed E-state index contributed by atoms with van der Waals surface area (Å²) >= 11 is 0. The van der Waals surface area contributed by atoms with E-state index in [4.69, 9.17) is 0 Å². The molecule has 0 aliphatic rings. The lowest BCUT2D eigenvalue weighted by Crippen LogP contribution is -2.32. The number of aryl methyl sites for hydroxylation is 1. The molecule has 6 heteroatoms. The van der Waals surface area contributed by atoms with Crippen LogP contribution in [0.25, 0.3) is 22.3 Å². The lowest BCUT2D eigenvalue weighted by atomic mass is 10.1. The van der Waals surface area contributed by atoms with Crippen LogP contribution in [0, 0.1) is 0 Å². The number of imidazole rings is 1. The molecule has 0 saturated heterocycles. The van der Waals surface area contributed by atoms with Crippen molar-refractivity contribution in [1.82, 2.24) is 9.97 Å². The Balaban J connectivity index is 2.19. The fraction of sp³-hybridized carbons (Fsp3) is 0.200. The highest BCUT2D eigenvalue weighted by Crippen LogP contribution is 2.31. The number of nitrogens with one attached hydrogen (secondary N) is 1.